The average Bonchev–Trinajstić information content (AvgIpc) is 2.87. The summed E-state index contributed by atoms with van der Waals surface area (Å²) in [4.78, 5) is 16.0. The van der Waals surface area contributed by atoms with E-state index in [1.165, 1.54) is 11.3 Å². The van der Waals surface area contributed by atoms with E-state index in [0.29, 0.717) is 0 Å². The van der Waals surface area contributed by atoms with Crippen LogP contribution in [-0.4, -0.2) is 10.9 Å². The molecule has 0 radical (unpaired) electrons. The highest BCUT2D eigenvalue weighted by Crippen LogP contribution is 2.19. The van der Waals surface area contributed by atoms with Crippen LogP contribution in [0.15, 0.2) is 23.7 Å². The molecule has 1 atom stereocenters. The molecule has 0 aliphatic carbocycles. The van der Waals surface area contributed by atoms with Crippen molar-refractivity contribution in [1.29, 1.82) is 0 Å². The Balaban J connectivity index is 2.19. The van der Waals surface area contributed by atoms with Crippen LogP contribution >= 0.6 is 11.3 Å². The molecule has 0 saturated carbocycles. The summed E-state index contributed by atoms with van der Waals surface area (Å²) in [7, 11) is 0. The number of thiazole rings is 1. The van der Waals surface area contributed by atoms with Crippen molar-refractivity contribution in [3.05, 3.63) is 45.9 Å². The van der Waals surface area contributed by atoms with Crippen LogP contribution in [-0.2, 0) is 0 Å². The van der Waals surface area contributed by atoms with Gasteiger partial charge >= 0.3 is 0 Å². The minimum Gasteiger partial charge on any atom is -0.398 e. The van der Waals surface area contributed by atoms with Gasteiger partial charge < -0.3 is 11.1 Å². The molecular weight excluding hydrogens is 272 g/mol. The molecule has 1 aromatic carbocycles. The Labute approximate surface area is 112 Å². The lowest BCUT2D eigenvalue weighted by atomic mass is 10.1. The van der Waals surface area contributed by atoms with E-state index in [2.05, 4.69) is 10.3 Å². The molecule has 2 rings (SSSR count). The average molecular weight is 283 g/mol. The van der Waals surface area contributed by atoms with Crippen LogP contribution in [0.25, 0.3) is 0 Å². The maximum atomic E-state index is 13.1. The van der Waals surface area contributed by atoms with Crippen molar-refractivity contribution in [1.82, 2.24) is 10.3 Å². The Morgan fingerprint density at radius 3 is 2.74 bits per heavy atom. The predicted molar refractivity (Wildman–Crippen MR) is 68.8 cm³/mol. The standard InChI is InChI=1S/C12H11F2N3OS/c1-6(12-16-2-3-19-12)17-11(18)7-4-8(13)9(14)5-10(7)15/h2-6H,15H2,1H3,(H,17,18). The molecule has 0 aliphatic rings. The zero-order valence-electron chi connectivity index (χ0n) is 9.98. The summed E-state index contributed by atoms with van der Waals surface area (Å²) in [5.41, 5.74) is 5.30. The Bertz CT molecular complexity index is 601. The second-order valence-electron chi connectivity index (χ2n) is 3.92. The fourth-order valence-electron chi connectivity index (χ4n) is 1.54. The number of carbonyl (C=O) groups is 1. The third-order valence-electron chi connectivity index (χ3n) is 2.51. The van der Waals surface area contributed by atoms with Crippen molar-refractivity contribution < 1.29 is 13.6 Å². The number of aromatic nitrogens is 1. The molecule has 100 valence electrons. The highest BCUT2D eigenvalue weighted by atomic mass is 32.1. The molecule has 1 aromatic heterocycles. The van der Waals surface area contributed by atoms with E-state index in [9.17, 15) is 13.6 Å². The number of amides is 1. The number of hydrogen-bond acceptors (Lipinski definition) is 4. The summed E-state index contributed by atoms with van der Waals surface area (Å²) in [5, 5.41) is 5.12. The Morgan fingerprint density at radius 1 is 1.42 bits per heavy atom. The summed E-state index contributed by atoms with van der Waals surface area (Å²) in [6, 6.07) is 1.24. The van der Waals surface area contributed by atoms with E-state index in [0.717, 1.165) is 17.1 Å². The molecule has 3 N–H and O–H groups in total. The van der Waals surface area contributed by atoms with Crippen LogP contribution in [0.3, 0.4) is 0 Å². The summed E-state index contributed by atoms with van der Waals surface area (Å²) in [6.45, 7) is 1.74. The number of nitrogens with zero attached hydrogens (tertiary/aromatic N) is 1. The zero-order valence-corrected chi connectivity index (χ0v) is 10.8. The molecule has 0 aliphatic heterocycles. The van der Waals surface area contributed by atoms with Gasteiger partial charge in [-0.25, -0.2) is 13.8 Å². The first-order valence-electron chi connectivity index (χ1n) is 5.44. The lowest BCUT2D eigenvalue weighted by Gasteiger charge is -2.12. The SMILES string of the molecule is CC(NC(=O)c1cc(F)c(F)cc1N)c1nccs1. The van der Waals surface area contributed by atoms with E-state index in [4.69, 9.17) is 5.73 Å². The third-order valence-corrected chi connectivity index (χ3v) is 3.46. The molecule has 19 heavy (non-hydrogen) atoms. The largest absolute Gasteiger partial charge is 0.398 e. The Kier molecular flexibility index (Phi) is 3.75. The van der Waals surface area contributed by atoms with Crippen LogP contribution in [0.4, 0.5) is 14.5 Å². The normalized spacial score (nSPS) is 12.2. The number of hydrogen-bond donors (Lipinski definition) is 2. The molecular formula is C12H11F2N3OS. The minimum absolute atomic E-state index is 0.0951. The summed E-state index contributed by atoms with van der Waals surface area (Å²) < 4.78 is 26.0. The number of halogens is 2. The van der Waals surface area contributed by atoms with Gasteiger partial charge in [-0.15, -0.1) is 11.3 Å². The van der Waals surface area contributed by atoms with Crippen molar-refractivity contribution in [3.63, 3.8) is 0 Å². The smallest absolute Gasteiger partial charge is 0.254 e. The summed E-state index contributed by atoms with van der Waals surface area (Å²) in [6.07, 6.45) is 1.62. The number of anilines is 1. The molecule has 1 unspecified atom stereocenters. The predicted octanol–water partition coefficient (Wildman–Crippen LogP) is 2.49. The molecule has 2 aromatic rings. The van der Waals surface area contributed by atoms with E-state index in [1.807, 2.05) is 0 Å². The number of nitrogens with one attached hydrogen (secondary N) is 1. The first-order valence-corrected chi connectivity index (χ1v) is 6.31. The molecule has 1 heterocycles. The summed E-state index contributed by atoms with van der Waals surface area (Å²) in [5.74, 6) is -2.76. The molecule has 0 saturated heterocycles. The number of rotatable bonds is 3. The highest BCUT2D eigenvalue weighted by Gasteiger charge is 2.17. The van der Waals surface area contributed by atoms with Crippen LogP contribution in [0.2, 0.25) is 0 Å². The number of nitrogens with two attached hydrogens (primary N) is 1. The van der Waals surface area contributed by atoms with Gasteiger partial charge in [0.15, 0.2) is 11.6 Å². The minimum atomic E-state index is -1.11. The Morgan fingerprint density at radius 2 is 2.11 bits per heavy atom. The fourth-order valence-corrected chi connectivity index (χ4v) is 2.19. The second-order valence-corrected chi connectivity index (χ2v) is 4.85. The lowest BCUT2D eigenvalue weighted by Crippen LogP contribution is -2.27. The van der Waals surface area contributed by atoms with E-state index in [-0.39, 0.29) is 17.3 Å². The first-order chi connectivity index (χ1) is 8.99. The monoisotopic (exact) mass is 283 g/mol. The topological polar surface area (TPSA) is 68.0 Å². The molecule has 0 spiro atoms. The molecule has 7 heteroatoms. The number of nitrogen functional groups attached to an aromatic ring is 1. The maximum absolute atomic E-state index is 13.1. The second kappa shape index (κ2) is 5.31. The van der Waals surface area contributed by atoms with E-state index >= 15 is 0 Å². The van der Waals surface area contributed by atoms with Gasteiger partial charge in [-0.3, -0.25) is 4.79 Å². The zero-order chi connectivity index (χ0) is 14.0. The first kappa shape index (κ1) is 13.4. The maximum Gasteiger partial charge on any atom is 0.254 e. The van der Waals surface area contributed by atoms with Gasteiger partial charge in [-0.1, -0.05) is 0 Å². The quantitative estimate of drug-likeness (QED) is 0.850. The van der Waals surface area contributed by atoms with Crippen LogP contribution in [0, 0.1) is 11.6 Å². The van der Waals surface area contributed by atoms with Crippen molar-refractivity contribution in [2.75, 3.05) is 5.73 Å². The fraction of sp³-hybridized carbons (Fsp3) is 0.167. The van der Waals surface area contributed by atoms with Crippen LogP contribution in [0.1, 0.15) is 28.3 Å². The van der Waals surface area contributed by atoms with Gasteiger partial charge in [0.1, 0.15) is 5.01 Å². The molecule has 4 nitrogen and oxygen atoms in total. The third kappa shape index (κ3) is 2.87. The Hall–Kier alpha value is -2.02. The van der Waals surface area contributed by atoms with Crippen molar-refractivity contribution in [2.24, 2.45) is 0 Å². The highest BCUT2D eigenvalue weighted by molar-refractivity contribution is 7.09. The van der Waals surface area contributed by atoms with Crippen LogP contribution in [0.5, 0.6) is 0 Å². The van der Waals surface area contributed by atoms with Gasteiger partial charge in [0.05, 0.1) is 11.6 Å². The number of carbonyl (C=O) groups excluding carboxylic acids is 1. The van der Waals surface area contributed by atoms with E-state index in [1.54, 1.807) is 18.5 Å². The van der Waals surface area contributed by atoms with Gasteiger partial charge in [-0.05, 0) is 13.0 Å². The summed E-state index contributed by atoms with van der Waals surface area (Å²) >= 11 is 1.39. The van der Waals surface area contributed by atoms with Gasteiger partial charge in [0.25, 0.3) is 5.91 Å². The molecule has 0 bridgehead atoms. The molecule has 0 fully saturated rings. The van der Waals surface area contributed by atoms with Crippen molar-refractivity contribution in [3.8, 4) is 0 Å². The van der Waals surface area contributed by atoms with Gasteiger partial charge in [0.2, 0.25) is 0 Å². The lowest BCUT2D eigenvalue weighted by molar-refractivity contribution is 0.0940. The van der Waals surface area contributed by atoms with Crippen LogP contribution < -0.4 is 11.1 Å². The van der Waals surface area contributed by atoms with Crippen molar-refractivity contribution in [2.45, 2.75) is 13.0 Å². The number of benzene rings is 1. The van der Waals surface area contributed by atoms with Crippen molar-refractivity contribution >= 4 is 22.9 Å². The van der Waals surface area contributed by atoms with Gasteiger partial charge in [0, 0.05) is 23.3 Å². The van der Waals surface area contributed by atoms with Gasteiger partial charge in [-0.2, -0.15) is 0 Å². The van der Waals surface area contributed by atoms with E-state index < -0.39 is 17.5 Å². The molecule has 1 amide bonds.